The van der Waals surface area contributed by atoms with Gasteiger partial charge in [0.05, 0.1) is 26.0 Å². The Morgan fingerprint density at radius 1 is 0.770 bits per heavy atom. The van der Waals surface area contributed by atoms with Gasteiger partial charge < -0.3 is 58.2 Å². The van der Waals surface area contributed by atoms with E-state index in [1.54, 1.807) is 20.8 Å². The highest BCUT2D eigenvalue weighted by Crippen LogP contribution is 2.16. The third-order valence-electron chi connectivity index (χ3n) is 11.2. The molecule has 0 spiro atoms. The Balaban J connectivity index is 1.60. The Labute approximate surface area is 424 Å². The number of H-pyrrole nitrogens is 2. The highest BCUT2D eigenvalue weighted by molar-refractivity contribution is 5.90. The SMILES string of the molecule is Cc1cn(CC(=O)N(CC(=O)NCCN(CC(=O)C(C)(C)C)C(=O)Cn2cnc3c(=O)[nH]c(N)nc32)C[C@H](CCCCN=C(N)N)NC(=O)CN(CCNC(C)(C)C)C(=O)Cn2ccc(N)nc2=O)c(=O)[nH]c1=O. The maximum atomic E-state index is 14.2. The summed E-state index contributed by atoms with van der Waals surface area (Å²) in [5.74, 6) is -4.00. The van der Waals surface area contributed by atoms with Crippen molar-refractivity contribution in [2.75, 3.05) is 70.4 Å². The monoisotopic (exact) mass is 1040 g/mol. The van der Waals surface area contributed by atoms with Crippen LogP contribution in [0.15, 0.2) is 49.0 Å². The van der Waals surface area contributed by atoms with E-state index in [0.29, 0.717) is 12.8 Å². The average molecular weight is 1040 g/mol. The number of aromatic nitrogens is 8. The van der Waals surface area contributed by atoms with Crippen molar-refractivity contribution in [1.82, 2.24) is 69.3 Å². The number of rotatable bonds is 26. The summed E-state index contributed by atoms with van der Waals surface area (Å²) in [5.41, 5.74) is 18.3. The topological polar surface area (TPSA) is 418 Å². The Morgan fingerprint density at radius 3 is 2.04 bits per heavy atom. The summed E-state index contributed by atoms with van der Waals surface area (Å²) in [5, 5.41) is 8.83. The number of nitrogen functional groups attached to an aromatic ring is 2. The predicted molar refractivity (Wildman–Crippen MR) is 273 cm³/mol. The van der Waals surface area contributed by atoms with Crippen LogP contribution in [0.2, 0.25) is 0 Å². The molecule has 4 aromatic heterocycles. The number of nitrogens with one attached hydrogen (secondary N) is 5. The van der Waals surface area contributed by atoms with E-state index in [1.807, 2.05) is 20.8 Å². The van der Waals surface area contributed by atoms with Crippen LogP contribution in [0.1, 0.15) is 66.4 Å². The van der Waals surface area contributed by atoms with E-state index in [-0.39, 0.29) is 98.0 Å². The molecule has 0 aliphatic rings. The molecule has 0 unspecified atom stereocenters. The lowest BCUT2D eigenvalue weighted by molar-refractivity contribution is -0.139. The van der Waals surface area contributed by atoms with E-state index in [0.717, 1.165) is 14.0 Å². The van der Waals surface area contributed by atoms with Crippen molar-refractivity contribution in [1.29, 1.82) is 0 Å². The number of aromatic amines is 2. The summed E-state index contributed by atoms with van der Waals surface area (Å²) < 4.78 is 3.31. The molecule has 13 N–H and O–H groups in total. The highest BCUT2D eigenvalue weighted by Gasteiger charge is 2.29. The summed E-state index contributed by atoms with van der Waals surface area (Å²) in [6, 6.07) is 0.461. The maximum Gasteiger partial charge on any atom is 0.349 e. The largest absolute Gasteiger partial charge is 0.383 e. The van der Waals surface area contributed by atoms with Gasteiger partial charge in [0.15, 0.2) is 22.9 Å². The number of aliphatic imine (C=N–C) groups is 1. The zero-order valence-electron chi connectivity index (χ0n) is 42.9. The number of hydrogen-bond donors (Lipinski definition) is 9. The number of unbranched alkanes of at least 4 members (excludes halogenated alkanes) is 1. The van der Waals surface area contributed by atoms with Gasteiger partial charge in [-0.15, -0.1) is 0 Å². The van der Waals surface area contributed by atoms with Gasteiger partial charge in [-0.1, -0.05) is 20.8 Å². The van der Waals surface area contributed by atoms with Crippen molar-refractivity contribution in [3.63, 3.8) is 0 Å². The lowest BCUT2D eigenvalue weighted by Gasteiger charge is -2.30. The highest BCUT2D eigenvalue weighted by atomic mass is 16.2. The van der Waals surface area contributed by atoms with Gasteiger partial charge in [-0.05, 0) is 53.0 Å². The zero-order chi connectivity index (χ0) is 55.1. The number of carbonyl (C=O) groups excluding carboxylic acids is 6. The predicted octanol–water partition coefficient (Wildman–Crippen LogP) is -4.07. The second-order valence-corrected chi connectivity index (χ2v) is 19.6. The number of anilines is 2. The standard InChI is InChI=1S/C45H69N19O10/c1-27-18-63(43(74)58-38(27)71)24-35(70)62(21-31(66)50-13-16-59(20-29(65)44(2,3)4)34(69)25-64-26-52-36-37(64)56-41(49)57-39(36)72)19-28(10-8-9-12-51-40(47)48)54-32(67)22-60(17-14-53-45(5,6)7)33(68)23-61-15-11-30(46)55-42(61)73/h11,15,18,26,28,53H,8-10,12-14,16-17,19-25H2,1-7H3,(H,50,66)(H,54,67)(H2,46,55,73)(H4,47,48,51)(H,58,71,74)(H3,49,56,57,72)/t28-/m0/s1. The maximum absolute atomic E-state index is 14.2. The van der Waals surface area contributed by atoms with Crippen LogP contribution >= 0.6 is 0 Å². The number of nitrogens with two attached hydrogens (primary N) is 4. The molecular formula is C45H69N19O10. The molecule has 5 amide bonds. The third kappa shape index (κ3) is 18.4. The second kappa shape index (κ2) is 25.9. The first-order valence-electron chi connectivity index (χ1n) is 23.7. The number of ketones is 1. The Bertz CT molecular complexity index is 2940. The molecule has 1 atom stereocenters. The fourth-order valence-electron chi connectivity index (χ4n) is 7.13. The minimum Gasteiger partial charge on any atom is -0.383 e. The van der Waals surface area contributed by atoms with E-state index in [9.17, 15) is 47.9 Å². The van der Waals surface area contributed by atoms with Crippen LogP contribution in [-0.4, -0.2) is 165 Å². The van der Waals surface area contributed by atoms with Crippen molar-refractivity contribution in [3.05, 3.63) is 72.0 Å². The van der Waals surface area contributed by atoms with Crippen LogP contribution in [0.4, 0.5) is 11.8 Å². The van der Waals surface area contributed by atoms with Gasteiger partial charge in [0.2, 0.25) is 35.5 Å². The van der Waals surface area contributed by atoms with Gasteiger partial charge in [0.25, 0.3) is 11.1 Å². The van der Waals surface area contributed by atoms with Crippen LogP contribution in [0.3, 0.4) is 0 Å². The van der Waals surface area contributed by atoms with Gasteiger partial charge in [-0.25, -0.2) is 14.6 Å². The number of hydrogen-bond acceptors (Lipinski definition) is 17. The molecule has 0 saturated carbocycles. The minimum absolute atomic E-state index is 0.0339. The lowest BCUT2D eigenvalue weighted by Crippen LogP contribution is -2.53. The number of guanidine groups is 1. The van der Waals surface area contributed by atoms with Crippen molar-refractivity contribution < 1.29 is 28.8 Å². The minimum atomic E-state index is -0.894. The van der Waals surface area contributed by atoms with Crippen molar-refractivity contribution in [2.45, 2.75) is 98.9 Å². The first kappa shape index (κ1) is 58.3. The molecule has 74 heavy (non-hydrogen) atoms. The van der Waals surface area contributed by atoms with E-state index in [1.165, 1.54) is 46.1 Å². The van der Waals surface area contributed by atoms with Gasteiger partial charge in [0, 0.05) is 74.2 Å². The fourth-order valence-corrected chi connectivity index (χ4v) is 7.13. The molecule has 0 bridgehead atoms. The van der Waals surface area contributed by atoms with Crippen molar-refractivity contribution in [3.8, 4) is 0 Å². The molecule has 4 aromatic rings. The van der Waals surface area contributed by atoms with Gasteiger partial charge in [-0.2, -0.15) is 9.97 Å². The Kier molecular flexibility index (Phi) is 20.4. The van der Waals surface area contributed by atoms with Crippen LogP contribution in [0.25, 0.3) is 11.2 Å². The summed E-state index contributed by atoms with van der Waals surface area (Å²) in [7, 11) is 0. The van der Waals surface area contributed by atoms with Crippen LogP contribution in [-0.2, 0) is 48.4 Å². The van der Waals surface area contributed by atoms with Gasteiger partial charge in [0.1, 0.15) is 25.5 Å². The number of amides is 5. The molecule has 0 radical (unpaired) electrons. The van der Waals surface area contributed by atoms with E-state index in [2.05, 4.69) is 45.9 Å². The van der Waals surface area contributed by atoms with Crippen LogP contribution in [0.5, 0.6) is 0 Å². The number of Topliss-reactive ketones (excluding diaryl/α,β-unsaturated/α-hetero) is 1. The molecular weight excluding hydrogens is 967 g/mol. The lowest BCUT2D eigenvalue weighted by atomic mass is 9.90. The molecule has 4 rings (SSSR count). The Hall–Kier alpha value is -8.24. The van der Waals surface area contributed by atoms with Crippen molar-refractivity contribution in [2.24, 2.45) is 21.9 Å². The molecule has 0 aromatic carbocycles. The molecule has 29 heteroatoms. The first-order chi connectivity index (χ1) is 34.6. The molecule has 29 nitrogen and oxygen atoms in total. The molecule has 0 saturated heterocycles. The van der Waals surface area contributed by atoms with Gasteiger partial charge >= 0.3 is 11.4 Å². The average Bonchev–Trinajstić information content (AvgIpc) is 3.69. The third-order valence-corrected chi connectivity index (χ3v) is 11.2. The van der Waals surface area contributed by atoms with Crippen molar-refractivity contribution >= 4 is 64.2 Å². The second-order valence-electron chi connectivity index (χ2n) is 19.6. The zero-order valence-corrected chi connectivity index (χ0v) is 42.9. The molecule has 4 heterocycles. The number of fused-ring (bicyclic) bond motifs is 1. The normalized spacial score (nSPS) is 11.9. The Morgan fingerprint density at radius 2 is 1.39 bits per heavy atom. The fraction of sp³-hybridized carbons (Fsp3) is 0.556. The summed E-state index contributed by atoms with van der Waals surface area (Å²) in [4.78, 5) is 157. The summed E-state index contributed by atoms with van der Waals surface area (Å²) in [6.07, 6.45) is 4.76. The number of aryl methyl sites for hydroxylation is 1. The summed E-state index contributed by atoms with van der Waals surface area (Å²) >= 11 is 0. The molecule has 404 valence electrons. The number of carbonyl (C=O) groups is 6. The number of nitrogens with zero attached hydrogens (tertiary/aromatic N) is 10. The van der Waals surface area contributed by atoms with Crippen LogP contribution < -0.4 is 61.4 Å². The quantitative estimate of drug-likeness (QED) is 0.0164. The summed E-state index contributed by atoms with van der Waals surface area (Å²) in [6.45, 7) is 9.11. The van der Waals surface area contributed by atoms with Gasteiger partial charge in [-0.3, -0.25) is 62.5 Å². The number of imidazole rings is 1. The molecule has 0 aliphatic heterocycles. The molecule has 0 fully saturated rings. The van der Waals surface area contributed by atoms with E-state index in [4.69, 9.17) is 22.9 Å². The molecule has 0 aliphatic carbocycles. The van der Waals surface area contributed by atoms with E-state index >= 15 is 0 Å². The van der Waals surface area contributed by atoms with Crippen LogP contribution in [0, 0.1) is 12.3 Å². The van der Waals surface area contributed by atoms with E-state index < -0.39 is 96.2 Å². The first-order valence-corrected chi connectivity index (χ1v) is 23.7. The smallest absolute Gasteiger partial charge is 0.349 e.